The van der Waals surface area contributed by atoms with Crippen molar-refractivity contribution in [3.63, 3.8) is 0 Å². The molecule has 5 atom stereocenters. The molecule has 4 fully saturated rings. The summed E-state index contributed by atoms with van der Waals surface area (Å²) in [6.07, 6.45) is -0.502. The number of hydrogen-bond donors (Lipinski definition) is 3. The lowest BCUT2D eigenvalue weighted by Gasteiger charge is -2.47. The molecule has 252 valence electrons. The first-order chi connectivity index (χ1) is 23.3. The number of nitriles is 1. The summed E-state index contributed by atoms with van der Waals surface area (Å²) in [5, 5.41) is 26.5. The van der Waals surface area contributed by atoms with Gasteiger partial charge in [-0.25, -0.2) is 14.4 Å². The Morgan fingerprint density at radius 1 is 1.12 bits per heavy atom. The van der Waals surface area contributed by atoms with E-state index in [1.54, 1.807) is 23.1 Å². The fraction of sp³-hybridized carbons (Fsp3) is 0.500. The normalized spacial score (nSPS) is 26.0. The number of aromatic nitrogens is 3. The molecule has 13 nitrogen and oxygen atoms in total. The third-order valence-corrected chi connectivity index (χ3v) is 9.74. The van der Waals surface area contributed by atoms with Crippen molar-refractivity contribution >= 4 is 23.2 Å². The van der Waals surface area contributed by atoms with E-state index in [2.05, 4.69) is 60.5 Å². The molecule has 4 saturated heterocycles. The number of aliphatic hydroxyl groups is 1. The quantitative estimate of drug-likeness (QED) is 0.310. The number of alkyl halides is 1. The van der Waals surface area contributed by atoms with Gasteiger partial charge in [0.25, 0.3) is 0 Å². The number of hydrogen-bond acceptors (Lipinski definition) is 12. The van der Waals surface area contributed by atoms with Gasteiger partial charge in [-0.05, 0) is 55.8 Å². The van der Waals surface area contributed by atoms with Crippen LogP contribution in [-0.2, 0) is 9.53 Å². The molecule has 5 heterocycles. The van der Waals surface area contributed by atoms with E-state index >= 15 is 4.39 Å². The van der Waals surface area contributed by atoms with Crippen LogP contribution < -0.4 is 20.3 Å². The second-order valence-electron chi connectivity index (χ2n) is 12.9. The van der Waals surface area contributed by atoms with Crippen LogP contribution in [0.3, 0.4) is 0 Å². The Morgan fingerprint density at radius 2 is 1.96 bits per heavy atom. The third-order valence-electron chi connectivity index (χ3n) is 9.74. The summed E-state index contributed by atoms with van der Waals surface area (Å²) >= 11 is 0. The number of piperazine rings is 1. The average Bonchev–Trinajstić information content (AvgIpc) is 3.52. The maximum atomic E-state index is 15.2. The largest absolute Gasteiger partial charge is 0.486 e. The molecule has 0 saturated carbocycles. The first kappa shape index (κ1) is 32.1. The van der Waals surface area contributed by atoms with Crippen LogP contribution in [0.25, 0.3) is 11.4 Å². The van der Waals surface area contributed by atoms with E-state index in [1.165, 1.54) is 12.0 Å². The summed E-state index contributed by atoms with van der Waals surface area (Å²) in [6.45, 7) is 7.27. The van der Waals surface area contributed by atoms with Gasteiger partial charge in [0.2, 0.25) is 11.9 Å². The lowest BCUT2D eigenvalue weighted by molar-refractivity contribution is -0.121. The van der Waals surface area contributed by atoms with Gasteiger partial charge in [-0.1, -0.05) is 0 Å². The van der Waals surface area contributed by atoms with Crippen LogP contribution in [0.1, 0.15) is 31.7 Å². The van der Waals surface area contributed by atoms with Crippen molar-refractivity contribution in [2.45, 2.75) is 62.8 Å². The van der Waals surface area contributed by atoms with Crippen molar-refractivity contribution in [2.24, 2.45) is 0 Å². The number of nitrogens with one attached hydrogen (secondary N) is 2. The van der Waals surface area contributed by atoms with Crippen molar-refractivity contribution < 1.29 is 23.8 Å². The molecule has 2 aromatic carbocycles. The lowest BCUT2D eigenvalue weighted by Crippen LogP contribution is -2.60. The number of likely N-dealkylation sites (tertiary alicyclic amines) is 1. The molecule has 0 radical (unpaired) electrons. The Kier molecular flexibility index (Phi) is 9.36. The van der Waals surface area contributed by atoms with Gasteiger partial charge in [-0.3, -0.25) is 14.6 Å². The monoisotopic (exact) mass is 657 g/mol. The molecule has 0 spiro atoms. The second kappa shape index (κ2) is 14.0. The van der Waals surface area contributed by atoms with Crippen molar-refractivity contribution in [1.82, 2.24) is 30.1 Å². The summed E-state index contributed by atoms with van der Waals surface area (Å²) in [5.74, 6) is 0.904. The number of carbonyl (C=O) groups excluding carboxylic acids is 1. The summed E-state index contributed by atoms with van der Waals surface area (Å²) in [5.41, 5.74) is 2.83. The number of nitrogens with zero attached hydrogens (tertiary/aromatic N) is 7. The van der Waals surface area contributed by atoms with Gasteiger partial charge in [0.05, 0.1) is 30.9 Å². The fourth-order valence-electron chi connectivity index (χ4n) is 6.96. The van der Waals surface area contributed by atoms with Crippen LogP contribution in [0.5, 0.6) is 5.75 Å². The maximum absolute atomic E-state index is 15.2. The highest BCUT2D eigenvalue weighted by molar-refractivity contribution is 5.78. The summed E-state index contributed by atoms with van der Waals surface area (Å²) in [7, 11) is 0. The van der Waals surface area contributed by atoms with Crippen molar-refractivity contribution in [2.75, 3.05) is 56.2 Å². The molecule has 1 unspecified atom stereocenters. The SMILES string of the molecule is C[C@H]1CN(c2ccc(Nc3ncnc(-c4ccc(O[C@H]5CCN([C@@H](O)C6CCC(=O)N6)C[C@H]5F)c(C#N)c4)n3)cc2)CCN1C1COC1. The molecule has 1 aromatic heterocycles. The first-order valence-corrected chi connectivity index (χ1v) is 16.6. The smallest absolute Gasteiger partial charge is 0.230 e. The van der Waals surface area contributed by atoms with E-state index < -0.39 is 24.5 Å². The fourth-order valence-corrected chi connectivity index (χ4v) is 6.96. The molecule has 4 aliphatic rings. The minimum absolute atomic E-state index is 0.0334. The average molecular weight is 658 g/mol. The Balaban J connectivity index is 0.959. The molecule has 0 aliphatic carbocycles. The number of carbonyl (C=O) groups is 1. The number of halogens is 1. The van der Waals surface area contributed by atoms with Gasteiger partial charge in [-0.2, -0.15) is 10.2 Å². The predicted molar refractivity (Wildman–Crippen MR) is 175 cm³/mol. The highest BCUT2D eigenvalue weighted by Gasteiger charge is 2.38. The van der Waals surface area contributed by atoms with Gasteiger partial charge in [0.1, 0.15) is 36.6 Å². The van der Waals surface area contributed by atoms with Crippen LogP contribution in [0.4, 0.5) is 21.7 Å². The Bertz CT molecular complexity index is 1650. The molecule has 0 bridgehead atoms. The van der Waals surface area contributed by atoms with Gasteiger partial charge < -0.3 is 30.1 Å². The van der Waals surface area contributed by atoms with Gasteiger partial charge in [-0.15, -0.1) is 0 Å². The van der Waals surface area contributed by atoms with Crippen molar-refractivity contribution in [3.05, 3.63) is 54.4 Å². The molecular weight excluding hydrogens is 617 g/mol. The van der Waals surface area contributed by atoms with Gasteiger partial charge >= 0.3 is 0 Å². The van der Waals surface area contributed by atoms with E-state index in [1.807, 2.05) is 12.1 Å². The summed E-state index contributed by atoms with van der Waals surface area (Å²) in [4.78, 5) is 31.3. The van der Waals surface area contributed by atoms with Crippen molar-refractivity contribution in [1.29, 1.82) is 5.26 Å². The zero-order valence-electron chi connectivity index (χ0n) is 26.8. The van der Waals surface area contributed by atoms with Gasteiger partial charge in [0.15, 0.2) is 5.82 Å². The van der Waals surface area contributed by atoms with E-state index in [0.29, 0.717) is 55.2 Å². The number of piperidine rings is 1. The number of benzene rings is 2. The van der Waals surface area contributed by atoms with E-state index in [-0.39, 0.29) is 23.8 Å². The predicted octanol–water partition coefficient (Wildman–Crippen LogP) is 2.45. The van der Waals surface area contributed by atoms with Crippen LogP contribution in [0.15, 0.2) is 48.8 Å². The minimum Gasteiger partial charge on any atom is -0.486 e. The number of aliphatic hydroxyl groups excluding tert-OH is 1. The molecule has 48 heavy (non-hydrogen) atoms. The number of anilines is 3. The zero-order valence-corrected chi connectivity index (χ0v) is 26.8. The Hall–Kier alpha value is -4.42. The zero-order chi connectivity index (χ0) is 33.2. The summed E-state index contributed by atoms with van der Waals surface area (Å²) in [6, 6.07) is 15.9. The van der Waals surface area contributed by atoms with Crippen LogP contribution in [-0.4, -0.2) is 118 Å². The molecule has 3 aromatic rings. The highest BCUT2D eigenvalue weighted by Crippen LogP contribution is 2.30. The number of ether oxygens (including phenoxy) is 2. The number of rotatable bonds is 9. The first-order valence-electron chi connectivity index (χ1n) is 16.6. The Labute approximate surface area is 278 Å². The van der Waals surface area contributed by atoms with Crippen LogP contribution in [0.2, 0.25) is 0 Å². The molecule has 14 heteroatoms. The third kappa shape index (κ3) is 6.91. The number of amides is 1. The Morgan fingerprint density at radius 3 is 2.65 bits per heavy atom. The van der Waals surface area contributed by atoms with Crippen LogP contribution >= 0.6 is 0 Å². The molecule has 4 aliphatic heterocycles. The lowest BCUT2D eigenvalue weighted by atomic mass is 10.0. The standard InChI is InChI=1S/C34H40FN9O4/c1-21-16-42(12-13-44(21)26-18-47-19-26)25-5-3-24(4-6-25)39-34-38-20-37-32(41-34)22-2-8-29(23(14-22)15-36)48-30-10-11-43(17-27(30)35)33(46)28-7-9-31(45)40-28/h2-6,8,14,20-21,26-28,30,33,46H,7,9-13,16-19H2,1H3,(H,40,45)(H,37,38,39,41)/t21-,27+,28?,30-,33-/m0/s1. The molecule has 7 rings (SSSR count). The maximum Gasteiger partial charge on any atom is 0.230 e. The van der Waals surface area contributed by atoms with Gasteiger partial charge in [0, 0.05) is 68.5 Å². The molecule has 1 amide bonds. The van der Waals surface area contributed by atoms with E-state index in [9.17, 15) is 15.2 Å². The van der Waals surface area contributed by atoms with E-state index in [0.717, 1.165) is 38.5 Å². The highest BCUT2D eigenvalue weighted by atomic mass is 19.1. The molecule has 3 N–H and O–H groups in total. The second-order valence-corrected chi connectivity index (χ2v) is 12.9. The topological polar surface area (TPSA) is 152 Å². The minimum atomic E-state index is -1.38. The molecular formula is C34H40FN9O4. The van der Waals surface area contributed by atoms with E-state index in [4.69, 9.17) is 9.47 Å². The van der Waals surface area contributed by atoms with Crippen molar-refractivity contribution in [3.8, 4) is 23.2 Å². The van der Waals surface area contributed by atoms with Crippen LogP contribution in [0, 0.1) is 11.3 Å². The summed E-state index contributed by atoms with van der Waals surface area (Å²) < 4.78 is 26.6.